The Morgan fingerprint density at radius 3 is 2.82 bits per heavy atom. The van der Waals surface area contributed by atoms with Crippen molar-refractivity contribution >= 4 is 56.2 Å². The van der Waals surface area contributed by atoms with Gasteiger partial charge in [-0.05, 0) is 34.7 Å². The Morgan fingerprint density at radius 1 is 1.27 bits per heavy atom. The fraction of sp³-hybridized carbons (Fsp3) is 0.286. The van der Waals surface area contributed by atoms with Crippen LogP contribution in [-0.2, 0) is 6.54 Å². The standard InChI is InChI=1S/C14H16IN5O2/c15-9-7-10-11(8-1-3-20(4-6-22)12(8)9)13(17-2-5-21)19-14(16)18-10/h1,3,7,21-22H,2,4-6H2,(H3,16,17,18,19). The minimum absolute atomic E-state index is 0.00440. The number of aliphatic hydroxyl groups excluding tert-OH is 2. The van der Waals surface area contributed by atoms with E-state index in [2.05, 4.69) is 37.9 Å². The van der Waals surface area contributed by atoms with Crippen molar-refractivity contribution in [1.82, 2.24) is 14.5 Å². The van der Waals surface area contributed by atoms with E-state index in [1.54, 1.807) is 0 Å². The van der Waals surface area contributed by atoms with Gasteiger partial charge in [0.05, 0.1) is 29.6 Å². The lowest BCUT2D eigenvalue weighted by molar-refractivity contribution is 0.278. The molecule has 0 fully saturated rings. The Labute approximate surface area is 140 Å². The number of halogens is 1. The maximum atomic E-state index is 9.20. The average molecular weight is 413 g/mol. The highest BCUT2D eigenvalue weighted by molar-refractivity contribution is 14.1. The Hall–Kier alpha value is -1.65. The minimum Gasteiger partial charge on any atom is -0.395 e. The molecular weight excluding hydrogens is 397 g/mol. The smallest absolute Gasteiger partial charge is 0.222 e. The van der Waals surface area contributed by atoms with Gasteiger partial charge in [-0.2, -0.15) is 4.98 Å². The van der Waals surface area contributed by atoms with Crippen molar-refractivity contribution in [2.24, 2.45) is 0 Å². The molecule has 0 aliphatic heterocycles. The third-order valence-electron chi connectivity index (χ3n) is 3.42. The van der Waals surface area contributed by atoms with Crippen molar-refractivity contribution in [1.29, 1.82) is 0 Å². The fourth-order valence-electron chi connectivity index (χ4n) is 2.59. The summed E-state index contributed by atoms with van der Waals surface area (Å²) in [6, 6.07) is 3.94. The summed E-state index contributed by atoms with van der Waals surface area (Å²) in [6.45, 7) is 0.993. The lowest BCUT2D eigenvalue weighted by Gasteiger charge is -2.11. The number of nitrogens with two attached hydrogens (primary N) is 1. The summed E-state index contributed by atoms with van der Waals surface area (Å²) < 4.78 is 3.03. The highest BCUT2D eigenvalue weighted by Gasteiger charge is 2.15. The number of nitrogens with zero attached hydrogens (tertiary/aromatic N) is 3. The maximum Gasteiger partial charge on any atom is 0.222 e. The maximum absolute atomic E-state index is 9.20. The number of fused-ring (bicyclic) bond motifs is 3. The first-order valence-corrected chi connectivity index (χ1v) is 7.93. The molecule has 0 aliphatic carbocycles. The van der Waals surface area contributed by atoms with Crippen LogP contribution in [0.2, 0.25) is 0 Å². The largest absolute Gasteiger partial charge is 0.395 e. The third-order valence-corrected chi connectivity index (χ3v) is 4.24. The van der Waals surface area contributed by atoms with Gasteiger partial charge in [0.25, 0.3) is 0 Å². The molecule has 2 aromatic heterocycles. The predicted molar refractivity (Wildman–Crippen MR) is 94.8 cm³/mol. The van der Waals surface area contributed by atoms with Crippen LogP contribution in [0.1, 0.15) is 0 Å². The molecule has 0 unspecified atom stereocenters. The van der Waals surface area contributed by atoms with E-state index in [-0.39, 0.29) is 19.2 Å². The zero-order valence-electron chi connectivity index (χ0n) is 11.8. The molecule has 0 aliphatic rings. The van der Waals surface area contributed by atoms with Crippen LogP contribution in [-0.4, -0.2) is 44.5 Å². The lowest BCUT2D eigenvalue weighted by atomic mass is 10.1. The quantitative estimate of drug-likeness (QED) is 0.468. The van der Waals surface area contributed by atoms with Gasteiger partial charge in [0.2, 0.25) is 5.95 Å². The summed E-state index contributed by atoms with van der Waals surface area (Å²) in [6.07, 6.45) is 1.94. The monoisotopic (exact) mass is 413 g/mol. The van der Waals surface area contributed by atoms with Crippen LogP contribution >= 0.6 is 22.6 Å². The second-order valence-corrected chi connectivity index (χ2v) is 5.99. The van der Waals surface area contributed by atoms with E-state index in [9.17, 15) is 5.11 Å². The van der Waals surface area contributed by atoms with E-state index in [4.69, 9.17) is 10.8 Å². The number of nitrogens with one attached hydrogen (secondary N) is 1. The molecule has 0 atom stereocenters. The minimum atomic E-state index is 0.00440. The van der Waals surface area contributed by atoms with E-state index in [0.717, 1.165) is 25.4 Å². The molecule has 7 nitrogen and oxygen atoms in total. The second kappa shape index (κ2) is 6.23. The molecule has 0 amide bonds. The molecule has 0 spiro atoms. The molecule has 0 saturated carbocycles. The summed E-state index contributed by atoms with van der Waals surface area (Å²) in [4.78, 5) is 8.57. The van der Waals surface area contributed by atoms with Crippen LogP contribution in [0.5, 0.6) is 0 Å². The normalized spacial score (nSPS) is 11.4. The SMILES string of the molecule is Nc1nc(NCCO)c2c(cc(I)c3c2ccn3CCO)n1. The summed E-state index contributed by atoms with van der Waals surface area (Å²) in [7, 11) is 0. The van der Waals surface area contributed by atoms with Crippen molar-refractivity contribution < 1.29 is 10.2 Å². The molecule has 2 heterocycles. The molecule has 0 saturated heterocycles. The van der Waals surface area contributed by atoms with Gasteiger partial charge < -0.3 is 25.8 Å². The number of anilines is 2. The lowest BCUT2D eigenvalue weighted by Crippen LogP contribution is -2.10. The van der Waals surface area contributed by atoms with Gasteiger partial charge in [0.15, 0.2) is 0 Å². The summed E-state index contributed by atoms with van der Waals surface area (Å²) in [5.41, 5.74) is 7.56. The number of rotatable bonds is 5. The predicted octanol–water partition coefficient (Wildman–Crippen LogP) is 1.17. The molecule has 0 bridgehead atoms. The molecule has 116 valence electrons. The molecular formula is C14H16IN5O2. The second-order valence-electron chi connectivity index (χ2n) is 4.83. The van der Waals surface area contributed by atoms with Gasteiger partial charge in [0, 0.05) is 28.2 Å². The molecule has 8 heteroatoms. The van der Waals surface area contributed by atoms with Gasteiger partial charge >= 0.3 is 0 Å². The first-order valence-electron chi connectivity index (χ1n) is 6.86. The van der Waals surface area contributed by atoms with Crippen molar-refractivity contribution in [2.45, 2.75) is 6.54 Å². The van der Waals surface area contributed by atoms with Crippen molar-refractivity contribution in [3.05, 3.63) is 21.9 Å². The summed E-state index contributed by atoms with van der Waals surface area (Å²) >= 11 is 2.26. The van der Waals surface area contributed by atoms with Crippen LogP contribution in [0.3, 0.4) is 0 Å². The Morgan fingerprint density at radius 2 is 2.09 bits per heavy atom. The van der Waals surface area contributed by atoms with E-state index < -0.39 is 0 Å². The van der Waals surface area contributed by atoms with E-state index >= 15 is 0 Å². The third kappa shape index (κ3) is 2.57. The number of hydrogen-bond acceptors (Lipinski definition) is 6. The van der Waals surface area contributed by atoms with Crippen molar-refractivity contribution in [2.75, 3.05) is 30.8 Å². The average Bonchev–Trinajstić information content (AvgIpc) is 2.89. The zero-order valence-corrected chi connectivity index (χ0v) is 13.9. The number of benzene rings is 1. The zero-order chi connectivity index (χ0) is 15.7. The molecule has 3 aromatic rings. The fourth-order valence-corrected chi connectivity index (χ4v) is 3.49. The van der Waals surface area contributed by atoms with Crippen LogP contribution in [0.4, 0.5) is 11.8 Å². The first kappa shape index (κ1) is 15.3. The van der Waals surface area contributed by atoms with Crippen molar-refractivity contribution in [3.8, 4) is 0 Å². The number of nitrogen functional groups attached to an aromatic ring is 1. The molecule has 5 N–H and O–H groups in total. The molecule has 0 radical (unpaired) electrons. The van der Waals surface area contributed by atoms with E-state index in [0.29, 0.717) is 18.9 Å². The topological polar surface area (TPSA) is 109 Å². The van der Waals surface area contributed by atoms with Gasteiger partial charge in [-0.15, -0.1) is 0 Å². The van der Waals surface area contributed by atoms with Crippen LogP contribution in [0.25, 0.3) is 21.8 Å². The van der Waals surface area contributed by atoms with E-state index in [1.807, 2.05) is 22.9 Å². The van der Waals surface area contributed by atoms with Crippen LogP contribution < -0.4 is 11.1 Å². The highest BCUT2D eigenvalue weighted by Crippen LogP contribution is 2.33. The highest BCUT2D eigenvalue weighted by atomic mass is 127. The van der Waals surface area contributed by atoms with Gasteiger partial charge in [-0.25, -0.2) is 4.98 Å². The molecule has 3 rings (SSSR count). The molecule has 1 aromatic carbocycles. The number of hydrogen-bond donors (Lipinski definition) is 4. The molecule has 22 heavy (non-hydrogen) atoms. The van der Waals surface area contributed by atoms with Gasteiger partial charge in [-0.3, -0.25) is 0 Å². The Kier molecular flexibility index (Phi) is 4.32. The summed E-state index contributed by atoms with van der Waals surface area (Å²) in [5.74, 6) is 0.803. The first-order chi connectivity index (χ1) is 10.7. The van der Waals surface area contributed by atoms with Crippen LogP contribution in [0, 0.1) is 3.57 Å². The number of aromatic nitrogens is 3. The number of aliphatic hydroxyl groups is 2. The van der Waals surface area contributed by atoms with Crippen molar-refractivity contribution in [3.63, 3.8) is 0 Å². The Balaban J connectivity index is 2.33. The summed E-state index contributed by atoms with van der Waals surface area (Å²) in [5, 5.41) is 23.2. The Bertz CT molecular complexity index is 833. The van der Waals surface area contributed by atoms with Gasteiger partial charge in [0.1, 0.15) is 5.82 Å². The van der Waals surface area contributed by atoms with E-state index in [1.165, 1.54) is 0 Å². The van der Waals surface area contributed by atoms with Gasteiger partial charge in [-0.1, -0.05) is 0 Å². The van der Waals surface area contributed by atoms with Crippen LogP contribution in [0.15, 0.2) is 18.3 Å².